The average Bonchev–Trinajstić information content (AvgIpc) is 3.67. The van der Waals surface area contributed by atoms with Crippen molar-refractivity contribution in [3.8, 4) is 0 Å². The number of carbonyl (C=O) groups is 2. The first kappa shape index (κ1) is 25.8. The number of likely N-dealkylation sites (tertiary alicyclic amines) is 1. The van der Waals surface area contributed by atoms with Crippen molar-refractivity contribution in [1.29, 1.82) is 0 Å². The van der Waals surface area contributed by atoms with Gasteiger partial charge < -0.3 is 15.2 Å². The smallest absolute Gasteiger partial charge is 0.238 e. The highest BCUT2D eigenvalue weighted by molar-refractivity contribution is 6.07. The number of aromatic nitrogens is 2. The molecule has 40 heavy (non-hydrogen) atoms. The van der Waals surface area contributed by atoms with Gasteiger partial charge in [-0.15, -0.1) is 0 Å². The van der Waals surface area contributed by atoms with Crippen LogP contribution in [0.4, 0.5) is 0 Å². The Labute approximate surface area is 236 Å². The number of rotatable bonds is 7. The quantitative estimate of drug-likeness (QED) is 0.440. The summed E-state index contributed by atoms with van der Waals surface area (Å²) >= 11 is 0. The third-order valence-electron chi connectivity index (χ3n) is 10.9. The first-order chi connectivity index (χ1) is 19.4. The van der Waals surface area contributed by atoms with Gasteiger partial charge in [-0.25, -0.2) is 4.98 Å². The molecule has 3 saturated heterocycles. The van der Waals surface area contributed by atoms with E-state index in [4.69, 9.17) is 10.7 Å². The zero-order chi connectivity index (χ0) is 27.5. The van der Waals surface area contributed by atoms with Crippen LogP contribution in [-0.2, 0) is 15.0 Å². The molecular weight excluding hydrogens is 498 g/mol. The average molecular weight is 540 g/mol. The lowest BCUT2D eigenvalue weighted by Crippen LogP contribution is -2.51. The molecule has 7 rings (SSSR count). The maximum atomic E-state index is 13.2. The molecule has 7 heteroatoms. The molecule has 3 aliphatic heterocycles. The van der Waals surface area contributed by atoms with Gasteiger partial charge in [0.2, 0.25) is 11.8 Å². The van der Waals surface area contributed by atoms with Crippen LogP contribution in [-0.4, -0.2) is 62.9 Å². The largest absolute Gasteiger partial charge is 0.369 e. The van der Waals surface area contributed by atoms with E-state index >= 15 is 0 Å². The van der Waals surface area contributed by atoms with Crippen LogP contribution >= 0.6 is 0 Å². The number of para-hydroxylation sites is 2. The van der Waals surface area contributed by atoms with Crippen molar-refractivity contribution in [2.45, 2.75) is 88.3 Å². The lowest BCUT2D eigenvalue weighted by molar-refractivity contribution is -0.144. The number of benzene rings is 2. The fourth-order valence-electron chi connectivity index (χ4n) is 8.40. The van der Waals surface area contributed by atoms with Gasteiger partial charge in [-0.05, 0) is 94.4 Å². The molecule has 210 valence electrons. The van der Waals surface area contributed by atoms with Crippen molar-refractivity contribution in [3.05, 3.63) is 66.0 Å². The standard InChI is InChI=1S/C33H41N5O2/c1-23-35-28-9-5-6-10-29(28)38(23)27-21-25-11-12-26(22-27)37(25)20-17-32(24-7-3-2-4-8-24)15-18-36(19-16-32)31(40)33(13-14-33)30(34)39/h2-10,25-27H,11-22H2,1H3,(H2,34,39)/t25-,26+,27?. The lowest BCUT2D eigenvalue weighted by atomic mass is 9.70. The number of hydrogen-bond acceptors (Lipinski definition) is 4. The second kappa shape index (κ2) is 9.72. The molecule has 2 amide bonds. The van der Waals surface area contributed by atoms with E-state index in [1.165, 1.54) is 36.8 Å². The first-order valence-corrected chi connectivity index (χ1v) is 15.2. The molecule has 4 heterocycles. The van der Waals surface area contributed by atoms with Crippen LogP contribution in [0.15, 0.2) is 54.6 Å². The number of fused-ring (bicyclic) bond motifs is 3. The minimum Gasteiger partial charge on any atom is -0.369 e. The molecule has 2 aromatic carbocycles. The monoisotopic (exact) mass is 539 g/mol. The molecule has 2 N–H and O–H groups in total. The highest BCUT2D eigenvalue weighted by atomic mass is 16.2. The fourth-order valence-corrected chi connectivity index (χ4v) is 8.40. The molecule has 7 nitrogen and oxygen atoms in total. The summed E-state index contributed by atoms with van der Waals surface area (Å²) in [5.74, 6) is 0.645. The molecule has 3 aromatic rings. The summed E-state index contributed by atoms with van der Waals surface area (Å²) in [5, 5.41) is 0. The van der Waals surface area contributed by atoms with Gasteiger partial charge in [-0.3, -0.25) is 14.5 Å². The number of aryl methyl sites for hydroxylation is 1. The summed E-state index contributed by atoms with van der Waals surface area (Å²) in [7, 11) is 0. The van der Waals surface area contributed by atoms with E-state index < -0.39 is 11.3 Å². The van der Waals surface area contributed by atoms with Gasteiger partial charge in [0.25, 0.3) is 0 Å². The van der Waals surface area contributed by atoms with Gasteiger partial charge in [0.1, 0.15) is 11.2 Å². The van der Waals surface area contributed by atoms with Crippen molar-refractivity contribution in [2.75, 3.05) is 19.6 Å². The summed E-state index contributed by atoms with van der Waals surface area (Å²) in [6, 6.07) is 21.2. The molecule has 1 saturated carbocycles. The molecule has 2 bridgehead atoms. The van der Waals surface area contributed by atoms with Crippen LogP contribution in [0.3, 0.4) is 0 Å². The third-order valence-corrected chi connectivity index (χ3v) is 10.9. The van der Waals surface area contributed by atoms with Crippen LogP contribution in [0, 0.1) is 12.3 Å². The van der Waals surface area contributed by atoms with E-state index in [1.807, 2.05) is 4.90 Å². The Morgan fingerprint density at radius 3 is 2.20 bits per heavy atom. The predicted molar refractivity (Wildman–Crippen MR) is 156 cm³/mol. The lowest BCUT2D eigenvalue weighted by Gasteiger charge is -2.46. The zero-order valence-corrected chi connectivity index (χ0v) is 23.6. The third kappa shape index (κ3) is 4.16. The van der Waals surface area contributed by atoms with E-state index in [2.05, 4.69) is 71.0 Å². The first-order valence-electron chi connectivity index (χ1n) is 15.2. The topological polar surface area (TPSA) is 84.5 Å². The van der Waals surface area contributed by atoms with Gasteiger partial charge >= 0.3 is 0 Å². The van der Waals surface area contributed by atoms with Crippen LogP contribution in [0.2, 0.25) is 0 Å². The van der Waals surface area contributed by atoms with Gasteiger partial charge in [-0.1, -0.05) is 42.5 Å². The Balaban J connectivity index is 1.06. The fraction of sp³-hybridized carbons (Fsp3) is 0.545. The van der Waals surface area contributed by atoms with Crippen molar-refractivity contribution >= 4 is 22.8 Å². The number of amides is 2. The molecule has 1 aliphatic carbocycles. The summed E-state index contributed by atoms with van der Waals surface area (Å²) < 4.78 is 2.51. The van der Waals surface area contributed by atoms with Gasteiger partial charge in [0.15, 0.2) is 0 Å². The number of carbonyl (C=O) groups excluding carboxylic acids is 2. The Morgan fingerprint density at radius 2 is 1.55 bits per heavy atom. The highest BCUT2D eigenvalue weighted by Crippen LogP contribution is 2.49. The maximum Gasteiger partial charge on any atom is 0.238 e. The van der Waals surface area contributed by atoms with E-state index in [0.717, 1.165) is 37.1 Å². The molecule has 4 aliphatic rings. The minimum absolute atomic E-state index is 0.0379. The molecule has 1 aromatic heterocycles. The molecule has 1 unspecified atom stereocenters. The highest BCUT2D eigenvalue weighted by Gasteiger charge is 2.57. The van der Waals surface area contributed by atoms with Crippen molar-refractivity contribution in [3.63, 3.8) is 0 Å². The van der Waals surface area contributed by atoms with Crippen molar-refractivity contribution in [1.82, 2.24) is 19.4 Å². The predicted octanol–water partition coefficient (Wildman–Crippen LogP) is 4.73. The molecule has 3 atom stereocenters. The zero-order valence-electron chi connectivity index (χ0n) is 23.6. The summed E-state index contributed by atoms with van der Waals surface area (Å²) in [6.07, 6.45) is 9.12. The van der Waals surface area contributed by atoms with E-state index in [9.17, 15) is 9.59 Å². The molecule has 4 fully saturated rings. The number of nitrogens with zero attached hydrogens (tertiary/aromatic N) is 4. The number of primary amides is 1. The van der Waals surface area contributed by atoms with Crippen LogP contribution in [0.1, 0.15) is 75.2 Å². The summed E-state index contributed by atoms with van der Waals surface area (Å²) in [5.41, 5.74) is 8.52. The van der Waals surface area contributed by atoms with Crippen LogP contribution < -0.4 is 5.73 Å². The second-order valence-corrected chi connectivity index (χ2v) is 12.9. The second-order valence-electron chi connectivity index (χ2n) is 12.9. The number of piperidine rings is 2. The Morgan fingerprint density at radius 1 is 0.900 bits per heavy atom. The maximum absolute atomic E-state index is 13.2. The number of imidazole rings is 1. The van der Waals surface area contributed by atoms with Gasteiger partial charge in [-0.2, -0.15) is 0 Å². The van der Waals surface area contributed by atoms with E-state index in [0.29, 0.717) is 44.1 Å². The molecule has 0 spiro atoms. The van der Waals surface area contributed by atoms with Gasteiger partial charge in [0.05, 0.1) is 11.0 Å². The van der Waals surface area contributed by atoms with E-state index in [-0.39, 0.29) is 11.3 Å². The van der Waals surface area contributed by atoms with E-state index in [1.54, 1.807) is 0 Å². The normalized spacial score (nSPS) is 27.1. The Kier molecular flexibility index (Phi) is 6.26. The van der Waals surface area contributed by atoms with Crippen LogP contribution in [0.5, 0.6) is 0 Å². The summed E-state index contributed by atoms with van der Waals surface area (Å²) in [6.45, 7) is 4.65. The van der Waals surface area contributed by atoms with Crippen LogP contribution in [0.25, 0.3) is 11.0 Å². The molecular formula is C33H41N5O2. The Bertz CT molecular complexity index is 1410. The van der Waals surface area contributed by atoms with Crippen molar-refractivity contribution in [2.24, 2.45) is 11.1 Å². The Hall–Kier alpha value is -3.19. The molecule has 0 radical (unpaired) electrons. The van der Waals surface area contributed by atoms with Gasteiger partial charge in [0, 0.05) is 31.2 Å². The number of nitrogens with two attached hydrogens (primary N) is 1. The summed E-state index contributed by atoms with van der Waals surface area (Å²) in [4.78, 5) is 34.8. The van der Waals surface area contributed by atoms with Crippen molar-refractivity contribution < 1.29 is 9.59 Å². The number of hydrogen-bond donors (Lipinski definition) is 1. The minimum atomic E-state index is -0.921. The SMILES string of the molecule is Cc1nc2ccccc2n1C1C[C@H]2CC[C@@H](C1)N2CCC1(c2ccccc2)CCN(C(=O)C2(C(N)=O)CC2)CC1.